The monoisotopic (exact) mass is 362 g/mol. The number of likely N-dealkylation sites (tertiary alicyclic amines) is 1. The van der Waals surface area contributed by atoms with Gasteiger partial charge in [-0.3, -0.25) is 9.69 Å². The third-order valence-corrected chi connectivity index (χ3v) is 4.04. The number of halogens is 2. The van der Waals surface area contributed by atoms with Crippen LogP contribution in [0, 0.1) is 5.92 Å². The lowest BCUT2D eigenvalue weighted by atomic mass is 9.96. The standard InChI is InChI=1S/C16H23ClN2O3.ClH/c1-2-21-16(20)15(19-10-12(9-18)11-19)7-8-22-14-5-3-13(17)4-6-14;/h3-6,12,15H,2,7-11,18H2,1H3;1H. The highest BCUT2D eigenvalue weighted by atomic mass is 35.5. The van der Waals surface area contributed by atoms with Crippen molar-refractivity contribution in [1.29, 1.82) is 0 Å². The lowest BCUT2D eigenvalue weighted by Crippen LogP contribution is -2.57. The van der Waals surface area contributed by atoms with Gasteiger partial charge < -0.3 is 15.2 Å². The normalized spacial score (nSPS) is 16.1. The van der Waals surface area contributed by atoms with Crippen LogP contribution in [0.15, 0.2) is 24.3 Å². The highest BCUT2D eigenvalue weighted by molar-refractivity contribution is 6.30. The smallest absolute Gasteiger partial charge is 0.323 e. The Morgan fingerprint density at radius 1 is 1.39 bits per heavy atom. The highest BCUT2D eigenvalue weighted by Gasteiger charge is 2.35. The molecular weight excluding hydrogens is 339 g/mol. The first kappa shape index (κ1) is 20.0. The molecule has 2 rings (SSSR count). The van der Waals surface area contributed by atoms with Crippen LogP contribution in [0.4, 0.5) is 0 Å². The molecule has 1 heterocycles. The maximum atomic E-state index is 12.1. The number of nitrogens with zero attached hydrogens (tertiary/aromatic N) is 1. The number of hydrogen-bond donors (Lipinski definition) is 1. The van der Waals surface area contributed by atoms with Crippen LogP contribution in [0.25, 0.3) is 0 Å². The average Bonchev–Trinajstić information content (AvgIpc) is 2.46. The van der Waals surface area contributed by atoms with Crippen LogP contribution in [0.2, 0.25) is 5.02 Å². The van der Waals surface area contributed by atoms with Crippen LogP contribution in [-0.2, 0) is 9.53 Å². The maximum Gasteiger partial charge on any atom is 0.323 e. The molecule has 0 aromatic heterocycles. The Labute approximate surface area is 148 Å². The minimum Gasteiger partial charge on any atom is -0.494 e. The van der Waals surface area contributed by atoms with Crippen molar-refractivity contribution >= 4 is 30.0 Å². The van der Waals surface area contributed by atoms with Gasteiger partial charge in [0.25, 0.3) is 0 Å². The molecule has 2 N–H and O–H groups in total. The van der Waals surface area contributed by atoms with Crippen LogP contribution in [0.1, 0.15) is 13.3 Å². The van der Waals surface area contributed by atoms with Crippen LogP contribution in [0.3, 0.4) is 0 Å². The van der Waals surface area contributed by atoms with E-state index in [1.807, 2.05) is 19.1 Å². The molecule has 1 atom stereocenters. The summed E-state index contributed by atoms with van der Waals surface area (Å²) in [5.74, 6) is 1.04. The second-order valence-electron chi connectivity index (χ2n) is 5.41. The Bertz CT molecular complexity index is 479. The zero-order valence-electron chi connectivity index (χ0n) is 13.2. The van der Waals surface area contributed by atoms with E-state index in [9.17, 15) is 4.79 Å². The van der Waals surface area contributed by atoms with E-state index < -0.39 is 0 Å². The van der Waals surface area contributed by atoms with Crippen molar-refractivity contribution in [3.05, 3.63) is 29.3 Å². The summed E-state index contributed by atoms with van der Waals surface area (Å²) in [6.45, 7) is 5.02. The molecule has 1 fully saturated rings. The van der Waals surface area contributed by atoms with E-state index in [-0.39, 0.29) is 24.4 Å². The Balaban J connectivity index is 0.00000264. The van der Waals surface area contributed by atoms with Crippen molar-refractivity contribution in [2.45, 2.75) is 19.4 Å². The minimum absolute atomic E-state index is 0. The van der Waals surface area contributed by atoms with Gasteiger partial charge in [0.1, 0.15) is 11.8 Å². The lowest BCUT2D eigenvalue weighted by Gasteiger charge is -2.42. The average molecular weight is 363 g/mol. The summed E-state index contributed by atoms with van der Waals surface area (Å²) in [5.41, 5.74) is 5.64. The van der Waals surface area contributed by atoms with E-state index in [2.05, 4.69) is 4.90 Å². The number of benzene rings is 1. The first-order chi connectivity index (χ1) is 10.6. The molecule has 1 aromatic rings. The Morgan fingerprint density at radius 3 is 2.61 bits per heavy atom. The molecule has 0 amide bonds. The van der Waals surface area contributed by atoms with Gasteiger partial charge in [-0.2, -0.15) is 0 Å². The molecule has 0 radical (unpaired) electrons. The SMILES string of the molecule is CCOC(=O)C(CCOc1ccc(Cl)cc1)N1CC(CN)C1.Cl. The van der Waals surface area contributed by atoms with Gasteiger partial charge in [-0.15, -0.1) is 12.4 Å². The fraction of sp³-hybridized carbons (Fsp3) is 0.562. The molecule has 1 aliphatic rings. The van der Waals surface area contributed by atoms with Crippen molar-refractivity contribution in [3.63, 3.8) is 0 Å². The molecule has 5 nitrogen and oxygen atoms in total. The number of nitrogens with two attached hydrogens (primary N) is 1. The second-order valence-corrected chi connectivity index (χ2v) is 5.85. The van der Waals surface area contributed by atoms with Gasteiger partial charge >= 0.3 is 5.97 Å². The molecule has 7 heteroatoms. The zero-order valence-corrected chi connectivity index (χ0v) is 14.8. The minimum atomic E-state index is -0.255. The molecular formula is C16H24Cl2N2O3. The molecule has 1 aromatic carbocycles. The fourth-order valence-corrected chi connectivity index (χ4v) is 2.65. The molecule has 23 heavy (non-hydrogen) atoms. The Morgan fingerprint density at radius 2 is 2.04 bits per heavy atom. The topological polar surface area (TPSA) is 64.8 Å². The molecule has 1 saturated heterocycles. The number of esters is 1. The molecule has 1 aliphatic heterocycles. The molecule has 130 valence electrons. The fourth-order valence-electron chi connectivity index (χ4n) is 2.52. The first-order valence-electron chi connectivity index (χ1n) is 7.63. The van der Waals surface area contributed by atoms with Crippen LogP contribution >= 0.6 is 24.0 Å². The van der Waals surface area contributed by atoms with Gasteiger partial charge in [0.2, 0.25) is 0 Å². The van der Waals surface area contributed by atoms with Gasteiger partial charge in [0.05, 0.1) is 13.2 Å². The molecule has 0 saturated carbocycles. The van der Waals surface area contributed by atoms with Crippen molar-refractivity contribution in [1.82, 2.24) is 4.90 Å². The van der Waals surface area contributed by atoms with Crippen LogP contribution < -0.4 is 10.5 Å². The number of hydrogen-bond acceptors (Lipinski definition) is 5. The van der Waals surface area contributed by atoms with Crippen molar-refractivity contribution < 1.29 is 14.3 Å². The number of ether oxygens (including phenoxy) is 2. The summed E-state index contributed by atoms with van der Waals surface area (Å²) in [6, 6.07) is 6.93. The van der Waals surface area contributed by atoms with Gasteiger partial charge in [-0.05, 0) is 43.7 Å². The summed E-state index contributed by atoms with van der Waals surface area (Å²) in [5, 5.41) is 0.671. The number of carbonyl (C=O) groups is 1. The van der Waals surface area contributed by atoms with Gasteiger partial charge in [0, 0.05) is 24.5 Å². The summed E-state index contributed by atoms with van der Waals surface area (Å²) in [6.07, 6.45) is 0.596. The third-order valence-electron chi connectivity index (χ3n) is 3.79. The van der Waals surface area contributed by atoms with Crippen molar-refractivity contribution in [3.8, 4) is 5.75 Å². The summed E-state index contributed by atoms with van der Waals surface area (Å²) in [4.78, 5) is 14.2. The van der Waals surface area contributed by atoms with E-state index >= 15 is 0 Å². The predicted octanol–water partition coefficient (Wildman–Crippen LogP) is 2.35. The highest BCUT2D eigenvalue weighted by Crippen LogP contribution is 2.21. The van der Waals surface area contributed by atoms with E-state index in [0.717, 1.165) is 18.8 Å². The zero-order chi connectivity index (χ0) is 15.9. The largest absolute Gasteiger partial charge is 0.494 e. The number of rotatable bonds is 8. The molecule has 1 unspecified atom stereocenters. The van der Waals surface area contributed by atoms with Crippen LogP contribution in [-0.4, -0.2) is 49.8 Å². The summed E-state index contributed by atoms with van der Waals surface area (Å²) < 4.78 is 10.8. The lowest BCUT2D eigenvalue weighted by molar-refractivity contribution is -0.153. The van der Waals surface area contributed by atoms with Gasteiger partial charge in [-0.25, -0.2) is 0 Å². The quantitative estimate of drug-likeness (QED) is 0.719. The van der Waals surface area contributed by atoms with E-state index in [0.29, 0.717) is 37.1 Å². The van der Waals surface area contributed by atoms with Crippen molar-refractivity contribution in [2.75, 3.05) is 32.8 Å². The summed E-state index contributed by atoms with van der Waals surface area (Å²) in [7, 11) is 0. The Kier molecular flexibility index (Phi) is 8.69. The first-order valence-corrected chi connectivity index (χ1v) is 8.01. The van der Waals surface area contributed by atoms with E-state index in [1.54, 1.807) is 12.1 Å². The molecule has 0 spiro atoms. The Hall–Kier alpha value is -1.01. The maximum absolute atomic E-state index is 12.1. The van der Waals surface area contributed by atoms with Gasteiger partial charge in [-0.1, -0.05) is 11.6 Å². The summed E-state index contributed by atoms with van der Waals surface area (Å²) >= 11 is 5.83. The van der Waals surface area contributed by atoms with E-state index in [1.165, 1.54) is 0 Å². The van der Waals surface area contributed by atoms with Crippen molar-refractivity contribution in [2.24, 2.45) is 11.7 Å². The second kappa shape index (κ2) is 9.98. The predicted molar refractivity (Wildman–Crippen MR) is 93.4 cm³/mol. The molecule has 0 aliphatic carbocycles. The molecule has 0 bridgehead atoms. The third kappa shape index (κ3) is 5.84. The van der Waals surface area contributed by atoms with Crippen LogP contribution in [0.5, 0.6) is 5.75 Å². The van der Waals surface area contributed by atoms with Gasteiger partial charge in [0.15, 0.2) is 0 Å². The van der Waals surface area contributed by atoms with E-state index in [4.69, 9.17) is 26.8 Å². The number of carbonyl (C=O) groups excluding carboxylic acids is 1.